The average Bonchev–Trinajstić information content (AvgIpc) is 2.70. The third-order valence-electron chi connectivity index (χ3n) is 4.37. The molecule has 0 atom stereocenters. The summed E-state index contributed by atoms with van der Waals surface area (Å²) in [5.74, 6) is 0.491. The van der Waals surface area contributed by atoms with E-state index in [1.807, 2.05) is 12.1 Å². The van der Waals surface area contributed by atoms with Gasteiger partial charge in [-0.1, -0.05) is 42.5 Å². The fraction of sp³-hybridized carbons (Fsp3) is 0.300. The summed E-state index contributed by atoms with van der Waals surface area (Å²) < 4.78 is 4.56. The summed E-state index contributed by atoms with van der Waals surface area (Å²) in [4.78, 5) is 20.2. The number of hydrogen-bond donors (Lipinski definition) is 1. The summed E-state index contributed by atoms with van der Waals surface area (Å²) in [7, 11) is 1.33. The summed E-state index contributed by atoms with van der Waals surface area (Å²) >= 11 is 0. The Labute approximate surface area is 154 Å². The molecule has 0 aliphatic carbocycles. The van der Waals surface area contributed by atoms with Crippen molar-refractivity contribution in [3.63, 3.8) is 0 Å². The molecule has 136 valence electrons. The lowest BCUT2D eigenvalue weighted by atomic mass is 10.2. The lowest BCUT2D eigenvalue weighted by Crippen LogP contribution is -2.46. The molecule has 6 nitrogen and oxygen atoms in total. The van der Waals surface area contributed by atoms with E-state index in [0.29, 0.717) is 5.82 Å². The fourth-order valence-electron chi connectivity index (χ4n) is 2.89. The molecule has 1 amide bonds. The third-order valence-corrected chi connectivity index (χ3v) is 4.37. The first kappa shape index (κ1) is 17.9. The normalized spacial score (nSPS) is 15.2. The maximum absolute atomic E-state index is 11.2. The second kappa shape index (κ2) is 9.01. The van der Waals surface area contributed by atoms with Crippen molar-refractivity contribution in [3.05, 3.63) is 60.3 Å². The molecule has 0 radical (unpaired) electrons. The summed E-state index contributed by atoms with van der Waals surface area (Å²) in [6.45, 7) is 4.92. The summed E-state index contributed by atoms with van der Waals surface area (Å²) in [6, 6.07) is 14.1. The number of ether oxygens (including phenoxy) is 1. The molecule has 0 saturated carbocycles. The Morgan fingerprint density at radius 2 is 1.92 bits per heavy atom. The molecule has 26 heavy (non-hydrogen) atoms. The van der Waals surface area contributed by atoms with Crippen molar-refractivity contribution in [2.24, 2.45) is 0 Å². The molecule has 0 unspecified atom stereocenters. The number of aromatic nitrogens is 1. The van der Waals surface area contributed by atoms with Gasteiger partial charge in [0.15, 0.2) is 0 Å². The van der Waals surface area contributed by atoms with E-state index in [2.05, 4.69) is 61.3 Å². The monoisotopic (exact) mass is 352 g/mol. The van der Waals surface area contributed by atoms with Crippen LogP contribution in [0.15, 0.2) is 54.7 Å². The van der Waals surface area contributed by atoms with Gasteiger partial charge in [-0.05, 0) is 17.7 Å². The van der Waals surface area contributed by atoms with Crippen molar-refractivity contribution < 1.29 is 9.53 Å². The number of anilines is 2. The summed E-state index contributed by atoms with van der Waals surface area (Å²) in [6.07, 6.45) is 5.67. The largest absolute Gasteiger partial charge is 0.453 e. The number of methoxy groups -OCH3 is 1. The van der Waals surface area contributed by atoms with E-state index in [0.717, 1.165) is 38.4 Å². The SMILES string of the molecule is COC(=O)Nc1ccc(N2CCN(C/C=C/c3ccccc3)CC2)cn1. The van der Waals surface area contributed by atoms with Gasteiger partial charge in [0.05, 0.1) is 19.0 Å². The highest BCUT2D eigenvalue weighted by Crippen LogP contribution is 2.17. The number of carbonyl (C=O) groups is 1. The first-order chi connectivity index (χ1) is 12.7. The number of carbonyl (C=O) groups excluding carboxylic acids is 1. The molecule has 0 bridgehead atoms. The van der Waals surface area contributed by atoms with Crippen molar-refractivity contribution in [2.45, 2.75) is 0 Å². The zero-order valence-corrected chi connectivity index (χ0v) is 15.0. The molecule has 1 aromatic carbocycles. The molecule has 1 aliphatic rings. The minimum atomic E-state index is -0.512. The van der Waals surface area contributed by atoms with E-state index in [1.165, 1.54) is 12.7 Å². The predicted octanol–water partition coefficient (Wildman–Crippen LogP) is 3.10. The van der Waals surface area contributed by atoms with Crippen LogP contribution in [-0.4, -0.2) is 55.8 Å². The molecule has 1 fully saturated rings. The van der Waals surface area contributed by atoms with E-state index < -0.39 is 6.09 Å². The number of amides is 1. The van der Waals surface area contributed by atoms with Crippen LogP contribution >= 0.6 is 0 Å². The van der Waals surface area contributed by atoms with Crippen LogP contribution in [0.1, 0.15) is 5.56 Å². The van der Waals surface area contributed by atoms with Gasteiger partial charge in [0.2, 0.25) is 0 Å². The van der Waals surface area contributed by atoms with Crippen molar-refractivity contribution in [1.29, 1.82) is 0 Å². The zero-order valence-electron chi connectivity index (χ0n) is 15.0. The molecule has 6 heteroatoms. The number of rotatable bonds is 5. The first-order valence-corrected chi connectivity index (χ1v) is 8.74. The van der Waals surface area contributed by atoms with Crippen molar-refractivity contribution >= 4 is 23.7 Å². The number of pyridine rings is 1. The van der Waals surface area contributed by atoms with Gasteiger partial charge in [0, 0.05) is 32.7 Å². The first-order valence-electron chi connectivity index (χ1n) is 8.74. The predicted molar refractivity (Wildman–Crippen MR) is 104 cm³/mol. The van der Waals surface area contributed by atoms with Gasteiger partial charge < -0.3 is 9.64 Å². The van der Waals surface area contributed by atoms with Gasteiger partial charge in [-0.25, -0.2) is 9.78 Å². The molecule has 1 aromatic heterocycles. The van der Waals surface area contributed by atoms with Crippen LogP contribution in [0.3, 0.4) is 0 Å². The van der Waals surface area contributed by atoms with Gasteiger partial charge in [0.25, 0.3) is 0 Å². The minimum absolute atomic E-state index is 0.491. The Morgan fingerprint density at radius 3 is 2.58 bits per heavy atom. The highest BCUT2D eigenvalue weighted by molar-refractivity contribution is 5.83. The van der Waals surface area contributed by atoms with E-state index in [9.17, 15) is 4.79 Å². The number of nitrogens with one attached hydrogen (secondary N) is 1. The van der Waals surface area contributed by atoms with E-state index in [1.54, 1.807) is 12.3 Å². The number of piperazine rings is 1. The van der Waals surface area contributed by atoms with Crippen molar-refractivity contribution in [3.8, 4) is 0 Å². The lowest BCUT2D eigenvalue weighted by molar-refractivity contribution is 0.187. The number of nitrogens with zero attached hydrogens (tertiary/aromatic N) is 3. The lowest BCUT2D eigenvalue weighted by Gasteiger charge is -2.35. The topological polar surface area (TPSA) is 57.7 Å². The molecular weight excluding hydrogens is 328 g/mol. The standard InChI is InChI=1S/C20H24N4O2/c1-26-20(25)22-19-10-9-18(16-21-19)24-14-12-23(13-15-24)11-5-8-17-6-3-2-4-7-17/h2-10,16H,11-15H2,1H3,(H,21,22,25)/b8-5+. The molecule has 0 spiro atoms. The van der Waals surface area contributed by atoms with E-state index >= 15 is 0 Å². The Morgan fingerprint density at radius 1 is 1.15 bits per heavy atom. The second-order valence-electron chi connectivity index (χ2n) is 6.12. The van der Waals surface area contributed by atoms with Crippen LogP contribution in [0.5, 0.6) is 0 Å². The van der Waals surface area contributed by atoms with Gasteiger partial charge in [-0.2, -0.15) is 0 Å². The smallest absolute Gasteiger partial charge is 0.412 e. The molecule has 1 N–H and O–H groups in total. The molecule has 1 saturated heterocycles. The fourth-order valence-corrected chi connectivity index (χ4v) is 2.89. The Kier molecular flexibility index (Phi) is 6.22. The van der Waals surface area contributed by atoms with Gasteiger partial charge in [-0.3, -0.25) is 10.2 Å². The molecule has 3 rings (SSSR count). The summed E-state index contributed by atoms with van der Waals surface area (Å²) in [5, 5.41) is 2.56. The molecule has 2 heterocycles. The maximum atomic E-state index is 11.2. The third kappa shape index (κ3) is 5.07. The maximum Gasteiger partial charge on any atom is 0.412 e. The van der Waals surface area contributed by atoms with Crippen LogP contribution in [-0.2, 0) is 4.74 Å². The summed E-state index contributed by atoms with van der Waals surface area (Å²) in [5.41, 5.74) is 2.30. The average molecular weight is 352 g/mol. The Hall–Kier alpha value is -2.86. The highest BCUT2D eigenvalue weighted by Gasteiger charge is 2.16. The van der Waals surface area contributed by atoms with Gasteiger partial charge in [-0.15, -0.1) is 0 Å². The zero-order chi connectivity index (χ0) is 18.2. The second-order valence-corrected chi connectivity index (χ2v) is 6.12. The van der Waals surface area contributed by atoms with Crippen LogP contribution in [0.2, 0.25) is 0 Å². The minimum Gasteiger partial charge on any atom is -0.453 e. The van der Waals surface area contributed by atoms with E-state index in [-0.39, 0.29) is 0 Å². The number of hydrogen-bond acceptors (Lipinski definition) is 5. The van der Waals surface area contributed by atoms with Crippen LogP contribution in [0, 0.1) is 0 Å². The quantitative estimate of drug-likeness (QED) is 0.896. The van der Waals surface area contributed by atoms with Gasteiger partial charge >= 0.3 is 6.09 Å². The van der Waals surface area contributed by atoms with E-state index in [4.69, 9.17) is 0 Å². The molecule has 1 aliphatic heterocycles. The van der Waals surface area contributed by atoms with Crippen LogP contribution in [0.25, 0.3) is 6.08 Å². The number of benzene rings is 1. The molecular formula is C20H24N4O2. The van der Waals surface area contributed by atoms with Gasteiger partial charge in [0.1, 0.15) is 5.82 Å². The van der Waals surface area contributed by atoms with Crippen molar-refractivity contribution in [1.82, 2.24) is 9.88 Å². The Bertz CT molecular complexity index is 723. The molecule has 2 aromatic rings. The van der Waals surface area contributed by atoms with Crippen LogP contribution in [0.4, 0.5) is 16.3 Å². The van der Waals surface area contributed by atoms with Crippen molar-refractivity contribution in [2.75, 3.05) is 50.1 Å². The highest BCUT2D eigenvalue weighted by atomic mass is 16.5. The van der Waals surface area contributed by atoms with Crippen LogP contribution < -0.4 is 10.2 Å². The Balaban J connectivity index is 1.46.